The molecule has 2 aromatic carbocycles. The minimum absolute atomic E-state index is 0.00974. The number of amides is 1. The number of rotatable bonds is 9. The van der Waals surface area contributed by atoms with Gasteiger partial charge in [-0.25, -0.2) is 12.7 Å². The second-order valence-corrected chi connectivity index (χ2v) is 10.1. The van der Waals surface area contributed by atoms with Gasteiger partial charge < -0.3 is 10.1 Å². The summed E-state index contributed by atoms with van der Waals surface area (Å²) >= 11 is 0. The summed E-state index contributed by atoms with van der Waals surface area (Å²) in [7, 11) is -1.72. The van der Waals surface area contributed by atoms with Crippen molar-refractivity contribution < 1.29 is 17.9 Å². The number of piperidine rings is 1. The molecule has 6 nitrogen and oxygen atoms in total. The van der Waals surface area contributed by atoms with Crippen LogP contribution in [0.15, 0.2) is 48.5 Å². The van der Waals surface area contributed by atoms with Crippen molar-refractivity contribution in [2.75, 3.05) is 26.7 Å². The van der Waals surface area contributed by atoms with Gasteiger partial charge in [-0.2, -0.15) is 0 Å². The van der Waals surface area contributed by atoms with Gasteiger partial charge in [0.2, 0.25) is 15.9 Å². The van der Waals surface area contributed by atoms with Crippen LogP contribution in [-0.4, -0.2) is 45.4 Å². The van der Waals surface area contributed by atoms with Crippen molar-refractivity contribution in [3.05, 3.63) is 65.2 Å². The van der Waals surface area contributed by atoms with Crippen molar-refractivity contribution in [2.45, 2.75) is 38.4 Å². The fourth-order valence-electron chi connectivity index (χ4n) is 3.98. The number of hydrogen-bond acceptors (Lipinski definition) is 4. The van der Waals surface area contributed by atoms with Gasteiger partial charge in [-0.05, 0) is 55.9 Å². The Morgan fingerprint density at radius 2 is 1.81 bits per heavy atom. The topological polar surface area (TPSA) is 75.7 Å². The predicted octanol–water partition coefficient (Wildman–Crippen LogP) is 3.29. The minimum Gasteiger partial charge on any atom is -0.497 e. The minimum atomic E-state index is -3.37. The van der Waals surface area contributed by atoms with Crippen molar-refractivity contribution in [3.63, 3.8) is 0 Å². The molecule has 0 atom stereocenters. The zero-order chi connectivity index (χ0) is 22.3. The molecule has 1 saturated heterocycles. The Labute approximate surface area is 185 Å². The first-order valence-electron chi connectivity index (χ1n) is 10.8. The maximum atomic E-state index is 12.8. The number of hydrogen-bond donors (Lipinski definition) is 1. The number of aryl methyl sites for hydroxylation is 2. The molecule has 0 aromatic heterocycles. The van der Waals surface area contributed by atoms with Crippen LogP contribution >= 0.6 is 0 Å². The van der Waals surface area contributed by atoms with E-state index in [0.29, 0.717) is 32.5 Å². The first-order valence-corrected chi connectivity index (χ1v) is 12.4. The van der Waals surface area contributed by atoms with Crippen molar-refractivity contribution in [1.29, 1.82) is 0 Å². The molecule has 0 aliphatic carbocycles. The van der Waals surface area contributed by atoms with E-state index in [1.165, 1.54) is 9.87 Å². The Hall–Kier alpha value is -2.38. The molecule has 0 radical (unpaired) electrons. The lowest BCUT2D eigenvalue weighted by Crippen LogP contribution is -2.43. The van der Waals surface area contributed by atoms with Gasteiger partial charge in [0, 0.05) is 25.6 Å². The average molecular weight is 445 g/mol. The van der Waals surface area contributed by atoms with Crippen LogP contribution in [0.25, 0.3) is 0 Å². The van der Waals surface area contributed by atoms with E-state index in [1.54, 1.807) is 7.11 Å². The summed E-state index contributed by atoms with van der Waals surface area (Å²) < 4.78 is 32.3. The summed E-state index contributed by atoms with van der Waals surface area (Å²) in [6, 6.07) is 15.5. The Morgan fingerprint density at radius 1 is 1.10 bits per heavy atom. The van der Waals surface area contributed by atoms with Crippen molar-refractivity contribution in [3.8, 4) is 5.75 Å². The van der Waals surface area contributed by atoms with Gasteiger partial charge in [0.05, 0.1) is 12.9 Å². The van der Waals surface area contributed by atoms with E-state index in [0.717, 1.165) is 29.7 Å². The van der Waals surface area contributed by atoms with Gasteiger partial charge in [-0.15, -0.1) is 0 Å². The van der Waals surface area contributed by atoms with Crippen LogP contribution in [0, 0.1) is 12.8 Å². The molecule has 168 valence electrons. The Balaban J connectivity index is 1.40. The summed E-state index contributed by atoms with van der Waals surface area (Å²) in [5.41, 5.74) is 3.03. The van der Waals surface area contributed by atoms with Gasteiger partial charge in [0.1, 0.15) is 5.75 Å². The van der Waals surface area contributed by atoms with Crippen LogP contribution in [-0.2, 0) is 27.0 Å². The van der Waals surface area contributed by atoms with Gasteiger partial charge in [-0.1, -0.05) is 42.0 Å². The molecule has 2 aromatic rings. The van der Waals surface area contributed by atoms with Crippen LogP contribution in [0.1, 0.15) is 36.0 Å². The third-order valence-electron chi connectivity index (χ3n) is 5.73. The SMILES string of the molecule is COc1cccc(CCCNC(=O)C2CCN(S(=O)(=O)Cc3cccc(C)c3)CC2)c1. The van der Waals surface area contributed by atoms with Gasteiger partial charge in [0.15, 0.2) is 0 Å². The summed E-state index contributed by atoms with van der Waals surface area (Å²) in [6.07, 6.45) is 2.85. The molecule has 0 saturated carbocycles. The predicted molar refractivity (Wildman–Crippen MR) is 122 cm³/mol. The molecule has 0 bridgehead atoms. The van der Waals surface area contributed by atoms with E-state index < -0.39 is 10.0 Å². The Kier molecular flexibility index (Phi) is 8.09. The highest BCUT2D eigenvalue weighted by atomic mass is 32.2. The van der Waals surface area contributed by atoms with Crippen molar-refractivity contribution >= 4 is 15.9 Å². The lowest BCUT2D eigenvalue weighted by Gasteiger charge is -2.30. The molecule has 1 N–H and O–H groups in total. The highest BCUT2D eigenvalue weighted by Crippen LogP contribution is 2.22. The third kappa shape index (κ3) is 6.80. The summed E-state index contributed by atoms with van der Waals surface area (Å²) in [6.45, 7) is 3.37. The molecule has 1 fully saturated rings. The van der Waals surface area contributed by atoms with Gasteiger partial charge in [0.25, 0.3) is 0 Å². The highest BCUT2D eigenvalue weighted by Gasteiger charge is 2.31. The fourth-order valence-corrected chi connectivity index (χ4v) is 5.53. The Bertz CT molecular complexity index is 983. The quantitative estimate of drug-likeness (QED) is 0.602. The molecule has 1 amide bonds. The maximum absolute atomic E-state index is 12.8. The largest absolute Gasteiger partial charge is 0.497 e. The van der Waals surface area contributed by atoms with E-state index in [2.05, 4.69) is 11.4 Å². The third-order valence-corrected chi connectivity index (χ3v) is 7.58. The first-order chi connectivity index (χ1) is 14.9. The van der Waals surface area contributed by atoms with Crippen LogP contribution in [0.3, 0.4) is 0 Å². The lowest BCUT2D eigenvalue weighted by molar-refractivity contribution is -0.126. The molecule has 1 heterocycles. The summed E-state index contributed by atoms with van der Waals surface area (Å²) in [5.74, 6) is 0.754. The van der Waals surface area contributed by atoms with Crippen LogP contribution < -0.4 is 10.1 Å². The normalized spacial score (nSPS) is 15.5. The molecule has 7 heteroatoms. The maximum Gasteiger partial charge on any atom is 0.223 e. The van der Waals surface area contributed by atoms with E-state index in [1.807, 2.05) is 49.4 Å². The van der Waals surface area contributed by atoms with E-state index in [-0.39, 0.29) is 17.6 Å². The lowest BCUT2D eigenvalue weighted by atomic mass is 9.97. The van der Waals surface area contributed by atoms with Crippen molar-refractivity contribution in [1.82, 2.24) is 9.62 Å². The number of carbonyl (C=O) groups is 1. The average Bonchev–Trinajstić information content (AvgIpc) is 2.76. The number of nitrogens with one attached hydrogen (secondary N) is 1. The second kappa shape index (κ2) is 10.8. The molecule has 3 rings (SSSR count). The number of benzene rings is 2. The molecular weight excluding hydrogens is 412 g/mol. The van der Waals surface area contributed by atoms with Gasteiger partial charge >= 0.3 is 0 Å². The van der Waals surface area contributed by atoms with Crippen LogP contribution in [0.4, 0.5) is 0 Å². The molecule has 0 spiro atoms. The number of nitrogens with zero attached hydrogens (tertiary/aromatic N) is 1. The van der Waals surface area contributed by atoms with Crippen molar-refractivity contribution in [2.24, 2.45) is 5.92 Å². The molecule has 31 heavy (non-hydrogen) atoms. The molecule has 1 aliphatic heterocycles. The smallest absolute Gasteiger partial charge is 0.223 e. The van der Waals surface area contributed by atoms with E-state index in [4.69, 9.17) is 4.74 Å². The van der Waals surface area contributed by atoms with E-state index >= 15 is 0 Å². The number of carbonyl (C=O) groups excluding carboxylic acids is 1. The summed E-state index contributed by atoms with van der Waals surface area (Å²) in [4.78, 5) is 12.5. The monoisotopic (exact) mass is 444 g/mol. The number of sulfonamides is 1. The van der Waals surface area contributed by atoms with E-state index in [9.17, 15) is 13.2 Å². The second-order valence-electron chi connectivity index (χ2n) is 8.16. The molecule has 0 unspecified atom stereocenters. The summed E-state index contributed by atoms with van der Waals surface area (Å²) in [5, 5.41) is 3.01. The molecule has 1 aliphatic rings. The number of ether oxygens (including phenoxy) is 1. The van der Waals surface area contributed by atoms with Gasteiger partial charge in [-0.3, -0.25) is 4.79 Å². The highest BCUT2D eigenvalue weighted by molar-refractivity contribution is 7.88. The standard InChI is InChI=1S/C24H32N2O4S/c1-19-6-3-8-21(16-19)18-31(28,29)26-14-11-22(12-15-26)24(27)25-13-5-9-20-7-4-10-23(17-20)30-2/h3-4,6-8,10,16-17,22H,5,9,11-15,18H2,1-2H3,(H,25,27). The van der Waals surface area contributed by atoms with Crippen LogP contribution in [0.2, 0.25) is 0 Å². The van der Waals surface area contributed by atoms with Crippen LogP contribution in [0.5, 0.6) is 5.75 Å². The zero-order valence-corrected chi connectivity index (χ0v) is 19.2. The zero-order valence-electron chi connectivity index (χ0n) is 18.3. The first kappa shape index (κ1) is 23.3. The number of methoxy groups -OCH3 is 1. The molecular formula is C24H32N2O4S. The fraction of sp³-hybridized carbons (Fsp3) is 0.458. The Morgan fingerprint density at radius 3 is 2.52 bits per heavy atom.